The Labute approximate surface area is 128 Å². The van der Waals surface area contributed by atoms with Crippen LogP contribution in [0.1, 0.15) is 92.4 Å². The normalized spacial score (nSPS) is 10.1. The van der Waals surface area contributed by atoms with Crippen molar-refractivity contribution in [1.29, 1.82) is 0 Å². The van der Waals surface area contributed by atoms with Gasteiger partial charge in [-0.1, -0.05) is 86.0 Å². The topological polar surface area (TPSA) is 35.0 Å². The number of halogens is 1. The summed E-state index contributed by atoms with van der Waals surface area (Å²) in [7, 11) is 0. The van der Waals surface area contributed by atoms with E-state index in [1.807, 2.05) is 0 Å². The van der Waals surface area contributed by atoms with Crippen LogP contribution in [0.25, 0.3) is 0 Å². The predicted molar refractivity (Wildman–Crippen MR) is 92.6 cm³/mol. The maximum atomic E-state index is 5.58. The average Bonchev–Trinajstić information content (AvgIpc) is 2.33. The number of alkyl halides is 1. The monoisotopic (exact) mass is 293 g/mol. The molecular formula is C17H40ClN. The van der Waals surface area contributed by atoms with E-state index < -0.39 is 0 Å². The van der Waals surface area contributed by atoms with Gasteiger partial charge in [-0.3, -0.25) is 0 Å². The molecule has 1 nitrogen and oxygen atoms in total. The highest BCUT2D eigenvalue weighted by Gasteiger charge is 1.95. The lowest BCUT2D eigenvalue weighted by Crippen LogP contribution is -1.95. The van der Waals surface area contributed by atoms with Crippen molar-refractivity contribution < 1.29 is 0 Å². The summed E-state index contributed by atoms with van der Waals surface area (Å²) in [5.74, 6) is 2.55. The lowest BCUT2D eigenvalue weighted by Gasteiger charge is -2.05. The number of hydrogen-bond donors (Lipinski definition) is 1. The van der Waals surface area contributed by atoms with Gasteiger partial charge in [-0.15, -0.1) is 11.6 Å². The molecule has 0 radical (unpaired) electrons. The van der Waals surface area contributed by atoms with Crippen LogP contribution >= 0.6 is 11.6 Å². The molecule has 120 valence electrons. The number of rotatable bonds is 10. The second-order valence-corrected chi connectivity index (χ2v) is 6.38. The fraction of sp³-hybridized carbons (Fsp3) is 1.00. The van der Waals surface area contributed by atoms with E-state index in [1.165, 1.54) is 57.8 Å². The maximum absolute atomic E-state index is 5.58. The molecule has 0 unspecified atom stereocenters. The van der Waals surface area contributed by atoms with E-state index in [0.717, 1.165) is 17.7 Å². The van der Waals surface area contributed by atoms with E-state index >= 15 is 0 Å². The van der Waals surface area contributed by atoms with Gasteiger partial charge in [0.15, 0.2) is 0 Å². The molecule has 3 N–H and O–H groups in total. The summed E-state index contributed by atoms with van der Waals surface area (Å²) in [6, 6.07) is 0. The SMILES string of the molecule is CC(C)C(C)C.CCCCCCCCCCCCl.N. The lowest BCUT2D eigenvalue weighted by molar-refractivity contribution is 0.457. The van der Waals surface area contributed by atoms with Gasteiger partial charge in [-0.25, -0.2) is 0 Å². The second kappa shape index (κ2) is 20.6. The molecule has 0 aromatic rings. The van der Waals surface area contributed by atoms with Crippen LogP contribution in [0.5, 0.6) is 0 Å². The van der Waals surface area contributed by atoms with Crippen molar-refractivity contribution in [3.05, 3.63) is 0 Å². The van der Waals surface area contributed by atoms with Gasteiger partial charge in [0, 0.05) is 5.88 Å². The molecule has 0 spiro atoms. The predicted octanol–water partition coefficient (Wildman–Crippen LogP) is 7.22. The molecular weight excluding hydrogens is 254 g/mol. The molecule has 0 saturated carbocycles. The zero-order valence-electron chi connectivity index (χ0n) is 14.3. The number of hydrogen-bond acceptors (Lipinski definition) is 1. The Morgan fingerprint density at radius 1 is 0.632 bits per heavy atom. The zero-order chi connectivity index (χ0) is 14.2. The van der Waals surface area contributed by atoms with Gasteiger partial charge in [0.05, 0.1) is 0 Å². The molecule has 0 aliphatic heterocycles. The molecule has 0 bridgehead atoms. The number of unbranched alkanes of at least 4 members (excludes halogenated alkanes) is 8. The van der Waals surface area contributed by atoms with Crippen molar-refractivity contribution >= 4 is 11.6 Å². The van der Waals surface area contributed by atoms with E-state index in [2.05, 4.69) is 34.6 Å². The molecule has 2 heteroatoms. The summed E-state index contributed by atoms with van der Waals surface area (Å²) in [4.78, 5) is 0. The standard InChI is InChI=1S/C11H23Cl.C6H14.H3N/c1-2-3-4-5-6-7-8-9-10-11-12;1-5(2)6(3)4;/h2-11H2,1H3;5-6H,1-4H3;1H3. The van der Waals surface area contributed by atoms with Crippen LogP contribution in [0.15, 0.2) is 0 Å². The highest BCUT2D eigenvalue weighted by Crippen LogP contribution is 2.09. The van der Waals surface area contributed by atoms with E-state index in [0.29, 0.717) is 0 Å². The van der Waals surface area contributed by atoms with Crippen molar-refractivity contribution in [1.82, 2.24) is 6.15 Å². The summed E-state index contributed by atoms with van der Waals surface area (Å²) in [6.45, 7) is 11.2. The molecule has 0 aliphatic rings. The average molecular weight is 294 g/mol. The van der Waals surface area contributed by atoms with Gasteiger partial charge >= 0.3 is 0 Å². The summed E-state index contributed by atoms with van der Waals surface area (Å²) in [6.07, 6.45) is 12.4. The highest BCUT2D eigenvalue weighted by atomic mass is 35.5. The van der Waals surface area contributed by atoms with Crippen LogP contribution < -0.4 is 6.15 Å². The van der Waals surface area contributed by atoms with Crippen LogP contribution in [-0.4, -0.2) is 5.88 Å². The molecule has 0 fully saturated rings. The van der Waals surface area contributed by atoms with Crippen LogP contribution in [0.2, 0.25) is 0 Å². The Balaban J connectivity index is -0.000000313. The lowest BCUT2D eigenvalue weighted by atomic mass is 10.0. The Morgan fingerprint density at radius 3 is 1.21 bits per heavy atom. The first-order chi connectivity index (χ1) is 8.56. The minimum atomic E-state index is 0. The zero-order valence-corrected chi connectivity index (χ0v) is 15.1. The summed E-state index contributed by atoms with van der Waals surface area (Å²) in [5.41, 5.74) is 0. The molecule has 0 rings (SSSR count). The Bertz CT molecular complexity index is 119. The third-order valence-electron chi connectivity index (χ3n) is 3.57. The van der Waals surface area contributed by atoms with Crippen molar-refractivity contribution in [3.63, 3.8) is 0 Å². The van der Waals surface area contributed by atoms with Crippen LogP contribution in [0.4, 0.5) is 0 Å². The van der Waals surface area contributed by atoms with E-state index in [1.54, 1.807) is 0 Å². The minimum Gasteiger partial charge on any atom is -0.344 e. The third kappa shape index (κ3) is 27.4. The second-order valence-electron chi connectivity index (χ2n) is 6.01. The molecule has 0 heterocycles. The highest BCUT2D eigenvalue weighted by molar-refractivity contribution is 6.17. The fourth-order valence-electron chi connectivity index (χ4n) is 1.41. The summed E-state index contributed by atoms with van der Waals surface area (Å²) in [5, 5.41) is 0. The van der Waals surface area contributed by atoms with E-state index in [9.17, 15) is 0 Å². The molecule has 19 heavy (non-hydrogen) atoms. The van der Waals surface area contributed by atoms with Crippen molar-refractivity contribution in [3.8, 4) is 0 Å². The van der Waals surface area contributed by atoms with Gasteiger partial charge in [0.2, 0.25) is 0 Å². The van der Waals surface area contributed by atoms with Crippen LogP contribution in [-0.2, 0) is 0 Å². The molecule has 0 saturated heterocycles. The van der Waals surface area contributed by atoms with Gasteiger partial charge in [-0.2, -0.15) is 0 Å². The van der Waals surface area contributed by atoms with E-state index in [4.69, 9.17) is 11.6 Å². The third-order valence-corrected chi connectivity index (χ3v) is 3.84. The summed E-state index contributed by atoms with van der Waals surface area (Å²) >= 11 is 5.58. The fourth-order valence-corrected chi connectivity index (χ4v) is 1.59. The van der Waals surface area contributed by atoms with Crippen molar-refractivity contribution in [2.75, 3.05) is 5.88 Å². The van der Waals surface area contributed by atoms with Gasteiger partial charge in [0.1, 0.15) is 0 Å². The first-order valence-electron chi connectivity index (χ1n) is 8.12. The minimum absolute atomic E-state index is 0. The molecule has 0 amide bonds. The van der Waals surface area contributed by atoms with Crippen molar-refractivity contribution in [2.24, 2.45) is 11.8 Å². The van der Waals surface area contributed by atoms with E-state index in [-0.39, 0.29) is 6.15 Å². The smallest absolute Gasteiger partial charge is 0.0223 e. The molecule has 0 aromatic heterocycles. The summed E-state index contributed by atoms with van der Waals surface area (Å²) < 4.78 is 0. The van der Waals surface area contributed by atoms with Crippen LogP contribution in [0, 0.1) is 11.8 Å². The molecule has 0 atom stereocenters. The Hall–Kier alpha value is 0.250. The first-order valence-corrected chi connectivity index (χ1v) is 8.65. The maximum Gasteiger partial charge on any atom is 0.0223 e. The van der Waals surface area contributed by atoms with Gasteiger partial charge in [0.25, 0.3) is 0 Å². The first kappa shape index (κ1) is 24.3. The van der Waals surface area contributed by atoms with Gasteiger partial charge in [-0.05, 0) is 18.3 Å². The van der Waals surface area contributed by atoms with Crippen LogP contribution in [0.3, 0.4) is 0 Å². The Kier molecular flexibility index (Phi) is 26.3. The van der Waals surface area contributed by atoms with Crippen molar-refractivity contribution in [2.45, 2.75) is 92.4 Å². The Morgan fingerprint density at radius 2 is 0.947 bits per heavy atom. The quantitative estimate of drug-likeness (QED) is 0.335. The molecule has 0 aromatic carbocycles. The molecule has 0 aliphatic carbocycles. The largest absolute Gasteiger partial charge is 0.344 e. The van der Waals surface area contributed by atoms with Gasteiger partial charge < -0.3 is 6.15 Å².